The molecule has 2 amide bonds. The van der Waals surface area contributed by atoms with E-state index in [1.54, 1.807) is 0 Å². The molecule has 1 fully saturated rings. The Balaban J connectivity index is 1.94. The molecule has 3 N–H and O–H groups in total. The first kappa shape index (κ1) is 14.0. The molecule has 1 aliphatic rings. The van der Waals surface area contributed by atoms with Gasteiger partial charge in [0.15, 0.2) is 0 Å². The Morgan fingerprint density at radius 2 is 1.94 bits per heavy atom. The molecule has 0 aromatic heterocycles. The minimum absolute atomic E-state index is 0.0542. The topological polar surface area (TPSA) is 70.2 Å². The lowest BCUT2D eigenvalue weighted by Crippen LogP contribution is -2.38. The Bertz CT molecular complexity index is 262. The van der Waals surface area contributed by atoms with Crippen molar-refractivity contribution in [2.24, 2.45) is 0 Å². The highest BCUT2D eigenvalue weighted by atomic mass is 16.2. The Hall–Kier alpha value is -1.10. The second-order valence-electron chi connectivity index (χ2n) is 4.83. The van der Waals surface area contributed by atoms with E-state index in [0.717, 1.165) is 25.8 Å². The van der Waals surface area contributed by atoms with Gasteiger partial charge in [0.25, 0.3) is 0 Å². The highest BCUT2D eigenvalue weighted by Crippen LogP contribution is 2.18. The van der Waals surface area contributed by atoms with Crippen LogP contribution >= 0.6 is 0 Å². The van der Waals surface area contributed by atoms with E-state index < -0.39 is 0 Å². The smallest absolute Gasteiger partial charge is 0.239 e. The fourth-order valence-corrected chi connectivity index (χ4v) is 1.41. The van der Waals surface area contributed by atoms with Crippen LogP contribution in [0.1, 0.15) is 39.5 Å². The molecule has 0 spiro atoms. The van der Waals surface area contributed by atoms with Crippen molar-refractivity contribution in [1.82, 2.24) is 16.0 Å². The molecular weight excluding hydrogens is 218 g/mol. The van der Waals surface area contributed by atoms with Gasteiger partial charge < -0.3 is 16.0 Å². The number of carbonyl (C=O) groups is 2. The fraction of sp³-hybridized carbons (Fsp3) is 0.833. The standard InChI is InChI=1S/C12H23N3O2/c1-9(2)13-7-3-4-11(16)14-8-12(17)15-10-5-6-10/h9-10,13H,3-8H2,1-2H3,(H,14,16)(H,15,17). The lowest BCUT2D eigenvalue weighted by Gasteiger charge is -2.08. The molecule has 5 nitrogen and oxygen atoms in total. The lowest BCUT2D eigenvalue weighted by atomic mass is 10.2. The van der Waals surface area contributed by atoms with Gasteiger partial charge in [-0.05, 0) is 25.8 Å². The monoisotopic (exact) mass is 241 g/mol. The third-order valence-corrected chi connectivity index (χ3v) is 2.52. The number of nitrogens with one attached hydrogen (secondary N) is 3. The maximum atomic E-state index is 11.4. The summed E-state index contributed by atoms with van der Waals surface area (Å²) in [6.07, 6.45) is 3.41. The van der Waals surface area contributed by atoms with Crippen molar-refractivity contribution >= 4 is 11.8 Å². The van der Waals surface area contributed by atoms with Gasteiger partial charge >= 0.3 is 0 Å². The van der Waals surface area contributed by atoms with Crippen LogP contribution < -0.4 is 16.0 Å². The first-order valence-corrected chi connectivity index (χ1v) is 6.37. The summed E-state index contributed by atoms with van der Waals surface area (Å²) in [5.41, 5.74) is 0. The number of hydrogen-bond acceptors (Lipinski definition) is 3. The van der Waals surface area contributed by atoms with Crippen LogP contribution in [0, 0.1) is 0 Å². The molecule has 0 aromatic carbocycles. The molecule has 0 atom stereocenters. The van der Waals surface area contributed by atoms with Gasteiger partial charge in [0.1, 0.15) is 0 Å². The summed E-state index contributed by atoms with van der Waals surface area (Å²) in [6.45, 7) is 5.08. The molecule has 0 aliphatic heterocycles. The molecule has 0 heterocycles. The molecule has 17 heavy (non-hydrogen) atoms. The Morgan fingerprint density at radius 1 is 1.24 bits per heavy atom. The average Bonchev–Trinajstić information content (AvgIpc) is 3.05. The highest BCUT2D eigenvalue weighted by Gasteiger charge is 2.22. The van der Waals surface area contributed by atoms with Gasteiger partial charge in [-0.25, -0.2) is 0 Å². The van der Waals surface area contributed by atoms with E-state index >= 15 is 0 Å². The van der Waals surface area contributed by atoms with Crippen LogP contribution in [0.4, 0.5) is 0 Å². The summed E-state index contributed by atoms with van der Waals surface area (Å²) >= 11 is 0. The molecule has 98 valence electrons. The minimum atomic E-state index is -0.0823. The molecule has 1 aliphatic carbocycles. The van der Waals surface area contributed by atoms with Crippen molar-refractivity contribution in [2.45, 2.75) is 51.6 Å². The molecule has 1 saturated carbocycles. The van der Waals surface area contributed by atoms with E-state index in [0.29, 0.717) is 18.5 Å². The summed E-state index contributed by atoms with van der Waals surface area (Å²) in [6, 6.07) is 0.803. The zero-order valence-electron chi connectivity index (χ0n) is 10.7. The highest BCUT2D eigenvalue weighted by molar-refractivity contribution is 5.84. The van der Waals surface area contributed by atoms with Gasteiger partial charge in [0, 0.05) is 18.5 Å². The van der Waals surface area contributed by atoms with E-state index in [-0.39, 0.29) is 18.4 Å². The SMILES string of the molecule is CC(C)NCCCC(=O)NCC(=O)NC1CC1. The van der Waals surface area contributed by atoms with Crippen molar-refractivity contribution in [1.29, 1.82) is 0 Å². The number of hydrogen-bond donors (Lipinski definition) is 3. The molecule has 5 heteroatoms. The van der Waals surface area contributed by atoms with E-state index in [9.17, 15) is 9.59 Å². The van der Waals surface area contributed by atoms with Crippen molar-refractivity contribution in [3.63, 3.8) is 0 Å². The van der Waals surface area contributed by atoms with Crippen LogP contribution in [0.5, 0.6) is 0 Å². The van der Waals surface area contributed by atoms with Crippen LogP contribution in [0.3, 0.4) is 0 Å². The predicted octanol–water partition coefficient (Wildman–Crippen LogP) is 0.159. The predicted molar refractivity (Wildman–Crippen MR) is 66.5 cm³/mol. The Labute approximate surface area is 103 Å². The zero-order chi connectivity index (χ0) is 12.7. The van der Waals surface area contributed by atoms with E-state index in [4.69, 9.17) is 0 Å². The number of rotatable bonds is 8. The van der Waals surface area contributed by atoms with Gasteiger partial charge in [0.05, 0.1) is 6.54 Å². The molecule has 0 aromatic rings. The summed E-state index contributed by atoms with van der Waals surface area (Å²) < 4.78 is 0. The second-order valence-corrected chi connectivity index (χ2v) is 4.83. The van der Waals surface area contributed by atoms with Crippen molar-refractivity contribution in [3.05, 3.63) is 0 Å². The first-order chi connectivity index (χ1) is 8.08. The third kappa shape index (κ3) is 7.74. The number of carbonyl (C=O) groups excluding carboxylic acids is 2. The van der Waals surface area contributed by atoms with Gasteiger partial charge in [-0.15, -0.1) is 0 Å². The molecular formula is C12H23N3O2. The van der Waals surface area contributed by atoms with Crippen molar-refractivity contribution in [3.8, 4) is 0 Å². The first-order valence-electron chi connectivity index (χ1n) is 6.37. The van der Waals surface area contributed by atoms with Crippen LogP contribution in [-0.4, -0.2) is 37.0 Å². The van der Waals surface area contributed by atoms with Crippen LogP contribution in [-0.2, 0) is 9.59 Å². The third-order valence-electron chi connectivity index (χ3n) is 2.52. The molecule has 0 saturated heterocycles. The summed E-state index contributed by atoms with van der Waals surface area (Å²) in [5.74, 6) is -0.136. The summed E-state index contributed by atoms with van der Waals surface area (Å²) in [5, 5.41) is 8.69. The van der Waals surface area contributed by atoms with Crippen LogP contribution in [0.2, 0.25) is 0 Å². The van der Waals surface area contributed by atoms with Crippen molar-refractivity contribution < 1.29 is 9.59 Å². The largest absolute Gasteiger partial charge is 0.352 e. The van der Waals surface area contributed by atoms with Crippen molar-refractivity contribution in [2.75, 3.05) is 13.1 Å². The molecule has 0 radical (unpaired) electrons. The lowest BCUT2D eigenvalue weighted by molar-refractivity contribution is -0.126. The van der Waals surface area contributed by atoms with Gasteiger partial charge in [-0.3, -0.25) is 9.59 Å². The molecule has 1 rings (SSSR count). The van der Waals surface area contributed by atoms with Gasteiger partial charge in [-0.1, -0.05) is 13.8 Å². The van der Waals surface area contributed by atoms with Crippen LogP contribution in [0.25, 0.3) is 0 Å². The summed E-state index contributed by atoms with van der Waals surface area (Å²) in [4.78, 5) is 22.7. The Kier molecular flexibility index (Phi) is 5.97. The maximum Gasteiger partial charge on any atom is 0.239 e. The van der Waals surface area contributed by atoms with Gasteiger partial charge in [-0.2, -0.15) is 0 Å². The van der Waals surface area contributed by atoms with Gasteiger partial charge in [0.2, 0.25) is 11.8 Å². The van der Waals surface area contributed by atoms with Crippen LogP contribution in [0.15, 0.2) is 0 Å². The Morgan fingerprint density at radius 3 is 2.53 bits per heavy atom. The maximum absolute atomic E-state index is 11.4. The quantitative estimate of drug-likeness (QED) is 0.530. The summed E-state index contributed by atoms with van der Waals surface area (Å²) in [7, 11) is 0. The normalized spacial score (nSPS) is 14.8. The molecule has 0 bridgehead atoms. The average molecular weight is 241 g/mol. The van der Waals surface area contributed by atoms with E-state index in [2.05, 4.69) is 29.8 Å². The zero-order valence-corrected chi connectivity index (χ0v) is 10.7. The molecule has 0 unspecified atom stereocenters. The second kappa shape index (κ2) is 7.27. The minimum Gasteiger partial charge on any atom is -0.352 e. The number of amides is 2. The van der Waals surface area contributed by atoms with E-state index in [1.165, 1.54) is 0 Å². The van der Waals surface area contributed by atoms with E-state index in [1.807, 2.05) is 0 Å². The fourth-order valence-electron chi connectivity index (χ4n) is 1.41.